The molecular weight excluding hydrogens is 204 g/mol. The normalized spacial score (nSPS) is 21.4. The van der Waals surface area contributed by atoms with Crippen molar-refractivity contribution in [1.82, 2.24) is 0 Å². The molecule has 1 rings (SSSR count). The molecule has 0 radical (unpaired) electrons. The van der Waals surface area contributed by atoms with Crippen molar-refractivity contribution in [3.63, 3.8) is 0 Å². The lowest BCUT2D eigenvalue weighted by molar-refractivity contribution is -0.138. The van der Waals surface area contributed by atoms with Crippen molar-refractivity contribution in [3.8, 4) is 0 Å². The van der Waals surface area contributed by atoms with Gasteiger partial charge in [0, 0.05) is 10.7 Å². The summed E-state index contributed by atoms with van der Waals surface area (Å²) in [5.41, 5.74) is 0. The summed E-state index contributed by atoms with van der Waals surface area (Å²) in [5, 5.41) is 8.45. The Hall–Kier alpha value is -0.290. The summed E-state index contributed by atoms with van der Waals surface area (Å²) >= 11 is 0. The van der Waals surface area contributed by atoms with Crippen molar-refractivity contribution in [2.45, 2.75) is 30.4 Å². The Morgan fingerprint density at radius 1 is 1.50 bits per heavy atom. The van der Waals surface area contributed by atoms with Gasteiger partial charge in [0.05, 0.1) is 11.2 Å². The second kappa shape index (κ2) is 2.88. The van der Waals surface area contributed by atoms with Crippen LogP contribution in [0.15, 0.2) is 0 Å². The maximum Gasteiger partial charge on any atom is 0.304 e. The molecule has 0 saturated heterocycles. The predicted octanol–water partition coefficient (Wildman–Crippen LogP) is 0.952. The van der Waals surface area contributed by atoms with Crippen LogP contribution in [0.4, 0.5) is 0 Å². The minimum absolute atomic E-state index is 0.366. The number of hydrogen-bond donors (Lipinski definition) is 1. The Balaban J connectivity index is 2.84. The van der Waals surface area contributed by atoms with Crippen LogP contribution in [0.3, 0.4) is 0 Å². The molecule has 4 nitrogen and oxygen atoms in total. The molecule has 70 valence electrons. The molecule has 0 bridgehead atoms. The third-order valence-electron chi connectivity index (χ3n) is 2.26. The number of carbonyl (C=O) groups is 1. The van der Waals surface area contributed by atoms with Crippen LogP contribution < -0.4 is 0 Å². The molecular formula is C6H9ClO4S. The van der Waals surface area contributed by atoms with Gasteiger partial charge >= 0.3 is 5.97 Å². The van der Waals surface area contributed by atoms with Gasteiger partial charge in [0.2, 0.25) is 9.05 Å². The fourth-order valence-corrected chi connectivity index (χ4v) is 3.05. The third kappa shape index (κ3) is 1.56. The van der Waals surface area contributed by atoms with Gasteiger partial charge in [0.15, 0.2) is 0 Å². The Labute approximate surface area is 74.9 Å². The summed E-state index contributed by atoms with van der Waals surface area (Å²) in [4.78, 5) is 10.3. The van der Waals surface area contributed by atoms with Crippen molar-refractivity contribution in [2.24, 2.45) is 0 Å². The molecule has 0 amide bonds. The zero-order valence-electron chi connectivity index (χ0n) is 6.29. The van der Waals surface area contributed by atoms with Gasteiger partial charge in [-0.15, -0.1) is 0 Å². The average Bonchev–Trinajstić information content (AvgIpc) is 1.74. The molecule has 1 aliphatic rings. The van der Waals surface area contributed by atoms with Crippen LogP contribution in [0.25, 0.3) is 0 Å². The van der Waals surface area contributed by atoms with Gasteiger partial charge in [-0.3, -0.25) is 4.79 Å². The lowest BCUT2D eigenvalue weighted by Gasteiger charge is -2.37. The summed E-state index contributed by atoms with van der Waals surface area (Å²) in [7, 11) is 1.41. The number of carboxylic acids is 1. The van der Waals surface area contributed by atoms with Gasteiger partial charge in [-0.1, -0.05) is 6.42 Å². The zero-order chi connectivity index (χ0) is 9.41. The van der Waals surface area contributed by atoms with Gasteiger partial charge in [0.25, 0.3) is 0 Å². The molecule has 0 aromatic rings. The molecule has 1 N–H and O–H groups in total. The molecule has 0 aliphatic heterocycles. The van der Waals surface area contributed by atoms with Crippen LogP contribution in [0.2, 0.25) is 0 Å². The van der Waals surface area contributed by atoms with Crippen molar-refractivity contribution in [1.29, 1.82) is 0 Å². The van der Waals surface area contributed by atoms with Crippen LogP contribution in [0.5, 0.6) is 0 Å². The molecule has 0 spiro atoms. The Kier molecular flexibility index (Phi) is 2.35. The molecule has 0 unspecified atom stereocenters. The van der Waals surface area contributed by atoms with Gasteiger partial charge in [0.1, 0.15) is 0 Å². The highest BCUT2D eigenvalue weighted by molar-refractivity contribution is 8.14. The molecule has 0 atom stereocenters. The molecule has 1 saturated carbocycles. The predicted molar refractivity (Wildman–Crippen MR) is 43.6 cm³/mol. The van der Waals surface area contributed by atoms with Crippen LogP contribution in [0.1, 0.15) is 25.7 Å². The van der Waals surface area contributed by atoms with E-state index in [9.17, 15) is 13.2 Å². The first-order valence-electron chi connectivity index (χ1n) is 3.53. The van der Waals surface area contributed by atoms with Gasteiger partial charge in [-0.25, -0.2) is 8.42 Å². The van der Waals surface area contributed by atoms with Crippen molar-refractivity contribution in [3.05, 3.63) is 0 Å². The summed E-state index contributed by atoms with van der Waals surface area (Å²) in [6.45, 7) is 0. The topological polar surface area (TPSA) is 71.4 Å². The fourth-order valence-electron chi connectivity index (χ4n) is 1.35. The first kappa shape index (κ1) is 9.80. The van der Waals surface area contributed by atoms with E-state index in [1.807, 2.05) is 0 Å². The lowest BCUT2D eigenvalue weighted by atomic mass is 9.82. The molecule has 0 heterocycles. The largest absolute Gasteiger partial charge is 0.481 e. The first-order valence-corrected chi connectivity index (χ1v) is 5.84. The average molecular weight is 213 g/mol. The first-order chi connectivity index (χ1) is 5.37. The Morgan fingerprint density at radius 2 is 2.00 bits per heavy atom. The SMILES string of the molecule is O=C(O)CC1(S(=O)(=O)Cl)CCC1. The smallest absolute Gasteiger partial charge is 0.304 e. The van der Waals surface area contributed by atoms with Crippen LogP contribution in [0, 0.1) is 0 Å². The van der Waals surface area contributed by atoms with Crippen molar-refractivity contribution < 1.29 is 18.3 Å². The highest BCUT2D eigenvalue weighted by atomic mass is 35.7. The summed E-state index contributed by atoms with van der Waals surface area (Å²) in [5.74, 6) is -1.11. The standard InChI is InChI=1S/C6H9ClO4S/c7-12(10,11)6(2-1-3-6)4-5(8)9/h1-4H2,(H,8,9). The van der Waals surface area contributed by atoms with Gasteiger partial charge in [-0.05, 0) is 12.8 Å². The van der Waals surface area contributed by atoms with E-state index in [0.29, 0.717) is 12.8 Å². The van der Waals surface area contributed by atoms with E-state index in [2.05, 4.69) is 0 Å². The van der Waals surface area contributed by atoms with E-state index in [-0.39, 0.29) is 6.42 Å². The van der Waals surface area contributed by atoms with Crippen LogP contribution >= 0.6 is 10.7 Å². The molecule has 1 fully saturated rings. The summed E-state index contributed by atoms with van der Waals surface area (Å²) in [6.07, 6.45) is 1.09. The quantitative estimate of drug-likeness (QED) is 0.708. The molecule has 0 aromatic heterocycles. The van der Waals surface area contributed by atoms with Gasteiger partial charge in [-0.2, -0.15) is 0 Å². The molecule has 0 aromatic carbocycles. The fraction of sp³-hybridized carbons (Fsp3) is 0.833. The second-order valence-corrected chi connectivity index (χ2v) is 6.01. The highest BCUT2D eigenvalue weighted by Gasteiger charge is 2.49. The van der Waals surface area contributed by atoms with E-state index < -0.39 is 19.8 Å². The van der Waals surface area contributed by atoms with Crippen molar-refractivity contribution in [2.75, 3.05) is 0 Å². The number of halogens is 1. The summed E-state index contributed by atoms with van der Waals surface area (Å²) < 4.78 is 20.8. The van der Waals surface area contributed by atoms with Crippen LogP contribution in [-0.2, 0) is 13.8 Å². The number of hydrogen-bond acceptors (Lipinski definition) is 3. The Bertz CT molecular complexity index is 291. The van der Waals surface area contributed by atoms with E-state index in [1.165, 1.54) is 0 Å². The minimum atomic E-state index is -3.73. The number of rotatable bonds is 3. The van der Waals surface area contributed by atoms with E-state index in [4.69, 9.17) is 15.8 Å². The third-order valence-corrected chi connectivity index (χ3v) is 4.82. The molecule has 12 heavy (non-hydrogen) atoms. The summed E-state index contributed by atoms with van der Waals surface area (Å²) in [6, 6.07) is 0. The minimum Gasteiger partial charge on any atom is -0.481 e. The van der Waals surface area contributed by atoms with E-state index >= 15 is 0 Å². The lowest BCUT2D eigenvalue weighted by Crippen LogP contribution is -2.44. The van der Waals surface area contributed by atoms with Gasteiger partial charge < -0.3 is 5.11 Å². The van der Waals surface area contributed by atoms with Crippen LogP contribution in [-0.4, -0.2) is 24.2 Å². The maximum absolute atomic E-state index is 11.0. The molecule has 1 aliphatic carbocycles. The van der Waals surface area contributed by atoms with E-state index in [1.54, 1.807) is 0 Å². The van der Waals surface area contributed by atoms with E-state index in [0.717, 1.165) is 6.42 Å². The second-order valence-electron chi connectivity index (χ2n) is 3.04. The zero-order valence-corrected chi connectivity index (χ0v) is 7.86. The highest BCUT2D eigenvalue weighted by Crippen LogP contribution is 2.44. The molecule has 6 heteroatoms. The number of carboxylic acid groups (broad SMARTS) is 1. The maximum atomic E-state index is 11.0. The Morgan fingerprint density at radius 3 is 2.08 bits per heavy atom. The number of aliphatic carboxylic acids is 1. The van der Waals surface area contributed by atoms with Crippen molar-refractivity contribution >= 4 is 25.7 Å². The monoisotopic (exact) mass is 212 g/mol.